The zero-order valence-corrected chi connectivity index (χ0v) is 22.3. The Balaban J connectivity index is 1.16. The molecule has 0 aliphatic carbocycles. The molecule has 9 heteroatoms. The summed E-state index contributed by atoms with van der Waals surface area (Å²) in [5.41, 5.74) is 2.74. The number of hydrogen-bond acceptors (Lipinski definition) is 7. The molecule has 2 aromatic carbocycles. The summed E-state index contributed by atoms with van der Waals surface area (Å²) in [6.07, 6.45) is 1.47. The molecule has 0 atom stereocenters. The fourth-order valence-corrected chi connectivity index (χ4v) is 5.92. The number of anilines is 2. The molecule has 0 spiro atoms. The van der Waals surface area contributed by atoms with E-state index in [4.69, 9.17) is 20.7 Å². The highest BCUT2D eigenvalue weighted by Crippen LogP contribution is 2.34. The minimum absolute atomic E-state index is 0.0639. The third-order valence-corrected chi connectivity index (χ3v) is 8.01. The predicted octanol–water partition coefficient (Wildman–Crippen LogP) is 4.75. The number of fused-ring (bicyclic) bond motifs is 2. The normalized spacial score (nSPS) is 16.3. The van der Waals surface area contributed by atoms with E-state index in [1.807, 2.05) is 26.0 Å². The standard InChI is InChI=1S/C27H31ClN4O3S/c1-18(2)13-26(34)35-17-32-23-16-22(28)19(14-20(23)15-25(32)33)7-8-30-9-11-31(12-10-30)27-21-5-3-4-6-24(21)36-29-27/h3-6,14,16,18H,7-13,15,17H2,1-2H3. The van der Waals surface area contributed by atoms with Crippen molar-refractivity contribution >= 4 is 56.6 Å². The van der Waals surface area contributed by atoms with Gasteiger partial charge < -0.3 is 9.64 Å². The fourth-order valence-electron chi connectivity index (χ4n) is 4.87. The van der Waals surface area contributed by atoms with Gasteiger partial charge in [0.15, 0.2) is 6.73 Å². The molecule has 0 N–H and O–H groups in total. The number of rotatable bonds is 8. The third kappa shape index (κ3) is 5.36. The molecular weight excluding hydrogens is 496 g/mol. The third-order valence-electron chi connectivity index (χ3n) is 6.84. The van der Waals surface area contributed by atoms with E-state index in [2.05, 4.69) is 34.1 Å². The van der Waals surface area contributed by atoms with Crippen molar-refractivity contribution in [1.29, 1.82) is 0 Å². The molecule has 2 aliphatic heterocycles. The highest BCUT2D eigenvalue weighted by atomic mass is 35.5. The lowest BCUT2D eigenvalue weighted by atomic mass is 10.1. The SMILES string of the molecule is CC(C)CC(=O)OCN1C(=O)Cc2cc(CCN3CCN(c4nsc5ccccc45)CC3)c(Cl)cc21. The molecule has 5 rings (SSSR count). The van der Waals surface area contributed by atoms with Crippen LogP contribution < -0.4 is 9.80 Å². The summed E-state index contributed by atoms with van der Waals surface area (Å²) in [4.78, 5) is 30.9. The Bertz CT molecular complexity index is 1270. The van der Waals surface area contributed by atoms with Gasteiger partial charge in [0.25, 0.3) is 0 Å². The molecule has 0 unspecified atom stereocenters. The Morgan fingerprint density at radius 1 is 1.17 bits per heavy atom. The highest BCUT2D eigenvalue weighted by molar-refractivity contribution is 7.13. The van der Waals surface area contributed by atoms with E-state index in [0.717, 1.165) is 61.8 Å². The predicted molar refractivity (Wildman–Crippen MR) is 145 cm³/mol. The van der Waals surface area contributed by atoms with Gasteiger partial charge in [-0.05, 0) is 53.2 Å². The molecule has 2 aliphatic rings. The van der Waals surface area contributed by atoms with Crippen molar-refractivity contribution in [1.82, 2.24) is 9.27 Å². The van der Waals surface area contributed by atoms with E-state index in [1.165, 1.54) is 15.0 Å². The fraction of sp³-hybridized carbons (Fsp3) is 0.444. The van der Waals surface area contributed by atoms with Gasteiger partial charge >= 0.3 is 5.97 Å². The first-order chi connectivity index (χ1) is 17.4. The minimum Gasteiger partial charge on any atom is -0.444 e. The Kier molecular flexibility index (Phi) is 7.46. The number of halogens is 1. The maximum Gasteiger partial charge on any atom is 0.307 e. The Hall–Kier alpha value is -2.68. The maximum atomic E-state index is 12.6. The van der Waals surface area contributed by atoms with Crippen LogP contribution in [-0.4, -0.2) is 60.6 Å². The number of esters is 1. The van der Waals surface area contributed by atoms with Crippen LogP contribution in [0.5, 0.6) is 0 Å². The smallest absolute Gasteiger partial charge is 0.307 e. The van der Waals surface area contributed by atoms with Crippen LogP contribution in [0.4, 0.5) is 11.5 Å². The molecule has 190 valence electrons. The van der Waals surface area contributed by atoms with Crippen LogP contribution in [0.15, 0.2) is 36.4 Å². The van der Waals surface area contributed by atoms with Crippen LogP contribution in [0, 0.1) is 5.92 Å². The average molecular weight is 527 g/mol. The molecule has 0 bridgehead atoms. The van der Waals surface area contributed by atoms with E-state index in [9.17, 15) is 9.59 Å². The molecule has 0 saturated carbocycles. The van der Waals surface area contributed by atoms with Crippen LogP contribution in [-0.2, 0) is 27.2 Å². The van der Waals surface area contributed by atoms with E-state index >= 15 is 0 Å². The first-order valence-electron chi connectivity index (χ1n) is 12.5. The van der Waals surface area contributed by atoms with Gasteiger partial charge in [0, 0.05) is 49.6 Å². The second-order valence-corrected chi connectivity index (χ2v) is 11.1. The van der Waals surface area contributed by atoms with Crippen molar-refractivity contribution in [3.63, 3.8) is 0 Å². The molecule has 1 amide bonds. The van der Waals surface area contributed by atoms with Crippen molar-refractivity contribution in [3.05, 3.63) is 52.5 Å². The molecular formula is C27H31ClN4O3S. The topological polar surface area (TPSA) is 66.0 Å². The Labute approximate surface area is 220 Å². The number of carbonyl (C=O) groups is 2. The van der Waals surface area contributed by atoms with Crippen molar-refractivity contribution < 1.29 is 14.3 Å². The summed E-state index contributed by atoms with van der Waals surface area (Å²) in [5, 5.41) is 1.88. The molecule has 0 radical (unpaired) electrons. The quantitative estimate of drug-likeness (QED) is 0.395. The molecule has 3 heterocycles. The van der Waals surface area contributed by atoms with Gasteiger partial charge in [-0.25, -0.2) is 0 Å². The van der Waals surface area contributed by atoms with Gasteiger partial charge in [0.1, 0.15) is 5.82 Å². The summed E-state index contributed by atoms with van der Waals surface area (Å²) in [6.45, 7) is 8.61. The number of hydrogen-bond donors (Lipinski definition) is 0. The first kappa shape index (κ1) is 25.0. The van der Waals surface area contributed by atoms with Crippen LogP contribution >= 0.6 is 23.1 Å². The van der Waals surface area contributed by atoms with Gasteiger partial charge in [0.2, 0.25) is 5.91 Å². The molecule has 1 aromatic heterocycles. The summed E-state index contributed by atoms with van der Waals surface area (Å²) in [6, 6.07) is 12.3. The number of aromatic nitrogens is 1. The molecule has 1 fully saturated rings. The van der Waals surface area contributed by atoms with Crippen molar-refractivity contribution in [3.8, 4) is 0 Å². The summed E-state index contributed by atoms with van der Waals surface area (Å²) in [7, 11) is 0. The van der Waals surface area contributed by atoms with E-state index in [1.54, 1.807) is 11.5 Å². The van der Waals surface area contributed by atoms with Gasteiger partial charge in [-0.2, -0.15) is 4.37 Å². The second kappa shape index (κ2) is 10.7. The lowest BCUT2D eigenvalue weighted by Gasteiger charge is -2.35. The number of ether oxygens (including phenoxy) is 1. The maximum absolute atomic E-state index is 12.6. The van der Waals surface area contributed by atoms with E-state index < -0.39 is 0 Å². The molecule has 1 saturated heterocycles. The summed E-state index contributed by atoms with van der Waals surface area (Å²) < 4.78 is 11.3. The van der Waals surface area contributed by atoms with Gasteiger partial charge in [-0.15, -0.1) is 0 Å². The molecule has 3 aromatic rings. The van der Waals surface area contributed by atoms with Gasteiger partial charge in [-0.3, -0.25) is 19.4 Å². The van der Waals surface area contributed by atoms with E-state index in [0.29, 0.717) is 17.9 Å². The number of carbonyl (C=O) groups excluding carboxylic acids is 2. The van der Waals surface area contributed by atoms with Gasteiger partial charge in [-0.1, -0.05) is 43.6 Å². The number of benzene rings is 2. The Morgan fingerprint density at radius 2 is 1.94 bits per heavy atom. The van der Waals surface area contributed by atoms with Crippen molar-refractivity contribution in [2.45, 2.75) is 33.1 Å². The first-order valence-corrected chi connectivity index (χ1v) is 13.6. The van der Waals surface area contributed by atoms with Crippen LogP contribution in [0.2, 0.25) is 5.02 Å². The average Bonchev–Trinajstić information content (AvgIpc) is 3.41. The van der Waals surface area contributed by atoms with E-state index in [-0.39, 0.29) is 24.5 Å². The lowest BCUT2D eigenvalue weighted by Crippen LogP contribution is -2.47. The molecule has 36 heavy (non-hydrogen) atoms. The summed E-state index contributed by atoms with van der Waals surface area (Å²) >= 11 is 8.20. The molecule has 7 nitrogen and oxygen atoms in total. The lowest BCUT2D eigenvalue weighted by molar-refractivity contribution is -0.144. The van der Waals surface area contributed by atoms with Crippen molar-refractivity contribution in [2.75, 3.05) is 49.3 Å². The Morgan fingerprint density at radius 3 is 2.72 bits per heavy atom. The van der Waals surface area contributed by atoms with Crippen molar-refractivity contribution in [2.24, 2.45) is 5.92 Å². The zero-order chi connectivity index (χ0) is 25.2. The largest absolute Gasteiger partial charge is 0.444 e. The number of piperazine rings is 1. The zero-order valence-electron chi connectivity index (χ0n) is 20.7. The summed E-state index contributed by atoms with van der Waals surface area (Å²) in [5.74, 6) is 0.950. The van der Waals surface area contributed by atoms with Crippen LogP contribution in [0.3, 0.4) is 0 Å². The number of nitrogens with zero attached hydrogens (tertiary/aromatic N) is 4. The highest BCUT2D eigenvalue weighted by Gasteiger charge is 2.29. The number of amides is 1. The van der Waals surface area contributed by atoms with Gasteiger partial charge in [0.05, 0.1) is 16.8 Å². The minimum atomic E-state index is -0.294. The second-order valence-electron chi connectivity index (χ2n) is 9.90. The monoisotopic (exact) mass is 526 g/mol. The van der Waals surface area contributed by atoms with Crippen LogP contribution in [0.1, 0.15) is 31.4 Å². The van der Waals surface area contributed by atoms with Crippen LogP contribution in [0.25, 0.3) is 10.1 Å².